The zero-order valence-electron chi connectivity index (χ0n) is 19.8. The third-order valence-corrected chi connectivity index (χ3v) is 6.24. The molecular formula is C30H22FN3O3. The van der Waals surface area contributed by atoms with Crippen molar-refractivity contribution in [2.75, 3.05) is 11.9 Å². The largest absolute Gasteiger partial charge is 0.452 e. The molecule has 1 amide bonds. The van der Waals surface area contributed by atoms with E-state index in [9.17, 15) is 19.2 Å². The number of aromatic nitrogens is 1. The molecule has 7 heteroatoms. The molecule has 1 aliphatic rings. The van der Waals surface area contributed by atoms with Gasteiger partial charge in [-0.1, -0.05) is 42.5 Å². The van der Waals surface area contributed by atoms with Crippen molar-refractivity contribution in [2.45, 2.75) is 19.3 Å². The number of carbonyl (C=O) groups is 2. The van der Waals surface area contributed by atoms with E-state index in [1.54, 1.807) is 36.4 Å². The van der Waals surface area contributed by atoms with Gasteiger partial charge in [0.1, 0.15) is 11.9 Å². The number of allylic oxidation sites excluding steroid dienone is 1. The lowest BCUT2D eigenvalue weighted by molar-refractivity contribution is -0.119. The van der Waals surface area contributed by atoms with Crippen LogP contribution in [-0.2, 0) is 16.0 Å². The van der Waals surface area contributed by atoms with Gasteiger partial charge in [0.15, 0.2) is 6.61 Å². The van der Waals surface area contributed by atoms with Crippen molar-refractivity contribution in [3.8, 4) is 6.07 Å². The molecule has 5 rings (SSSR count). The van der Waals surface area contributed by atoms with Crippen molar-refractivity contribution in [2.24, 2.45) is 0 Å². The Bertz CT molecular complexity index is 1590. The van der Waals surface area contributed by atoms with Gasteiger partial charge in [0.25, 0.3) is 5.91 Å². The van der Waals surface area contributed by atoms with Gasteiger partial charge in [-0.25, -0.2) is 14.2 Å². The number of hydrogen-bond donors (Lipinski definition) is 1. The van der Waals surface area contributed by atoms with Crippen molar-refractivity contribution in [1.29, 1.82) is 5.26 Å². The smallest absolute Gasteiger partial charge is 0.339 e. The first-order valence-electron chi connectivity index (χ1n) is 11.9. The van der Waals surface area contributed by atoms with Crippen LogP contribution in [0.4, 0.5) is 10.1 Å². The Hall–Kier alpha value is -4.83. The van der Waals surface area contributed by atoms with Crippen LogP contribution in [-0.4, -0.2) is 23.5 Å². The lowest BCUT2D eigenvalue weighted by Crippen LogP contribution is -2.23. The van der Waals surface area contributed by atoms with Crippen LogP contribution in [0.2, 0.25) is 0 Å². The molecule has 6 nitrogen and oxygen atoms in total. The number of para-hydroxylation sites is 2. The Labute approximate surface area is 213 Å². The van der Waals surface area contributed by atoms with Crippen LogP contribution in [0.25, 0.3) is 22.6 Å². The predicted molar refractivity (Wildman–Crippen MR) is 139 cm³/mol. The molecule has 0 unspecified atom stereocenters. The van der Waals surface area contributed by atoms with Crippen molar-refractivity contribution in [3.05, 3.63) is 107 Å². The maximum Gasteiger partial charge on any atom is 0.339 e. The molecule has 37 heavy (non-hydrogen) atoms. The molecule has 1 N–H and O–H groups in total. The highest BCUT2D eigenvalue weighted by atomic mass is 19.1. The summed E-state index contributed by atoms with van der Waals surface area (Å²) < 4.78 is 18.8. The van der Waals surface area contributed by atoms with Gasteiger partial charge in [0.05, 0.1) is 28.0 Å². The molecule has 0 saturated carbocycles. The summed E-state index contributed by atoms with van der Waals surface area (Å²) in [5.74, 6) is -1.46. The number of benzene rings is 3. The van der Waals surface area contributed by atoms with Crippen molar-refractivity contribution >= 4 is 40.1 Å². The van der Waals surface area contributed by atoms with Gasteiger partial charge in [0, 0.05) is 5.39 Å². The first-order valence-corrected chi connectivity index (χ1v) is 11.9. The summed E-state index contributed by atoms with van der Waals surface area (Å²) >= 11 is 0. The van der Waals surface area contributed by atoms with Gasteiger partial charge in [-0.15, -0.1) is 0 Å². The maximum absolute atomic E-state index is 13.4. The van der Waals surface area contributed by atoms with Crippen LogP contribution >= 0.6 is 0 Å². The van der Waals surface area contributed by atoms with Crippen LogP contribution < -0.4 is 5.32 Å². The predicted octanol–water partition coefficient (Wildman–Crippen LogP) is 5.92. The van der Waals surface area contributed by atoms with Gasteiger partial charge in [0.2, 0.25) is 0 Å². The van der Waals surface area contributed by atoms with Crippen LogP contribution in [0.5, 0.6) is 0 Å². The van der Waals surface area contributed by atoms with E-state index < -0.39 is 18.5 Å². The molecule has 4 aromatic rings. The van der Waals surface area contributed by atoms with E-state index in [1.807, 2.05) is 36.4 Å². The Morgan fingerprint density at radius 2 is 1.78 bits per heavy atom. The molecule has 0 atom stereocenters. The standard InChI is InChI=1S/C30H22FN3O3/c31-22-14-12-19(13-15-22)16-20-7-5-9-24-28(23-8-2-4-11-26(23)34-29(20)24)30(36)37-18-27(35)33-25-10-3-1-6-21(25)17-32/h1-4,6,8,10-16H,5,7,9,18H2,(H,33,35)/b20-16-. The van der Waals surface area contributed by atoms with Crippen LogP contribution in [0, 0.1) is 17.1 Å². The number of nitriles is 1. The molecule has 0 aliphatic heterocycles. The van der Waals surface area contributed by atoms with Gasteiger partial charge in [-0.3, -0.25) is 4.79 Å². The summed E-state index contributed by atoms with van der Waals surface area (Å²) in [6.45, 7) is -0.498. The Kier molecular flexibility index (Phi) is 6.73. The maximum atomic E-state index is 13.4. The molecule has 0 saturated heterocycles. The number of pyridine rings is 1. The van der Waals surface area contributed by atoms with E-state index in [1.165, 1.54) is 12.1 Å². The van der Waals surface area contributed by atoms with Crippen LogP contribution in [0.15, 0.2) is 72.8 Å². The molecule has 0 bridgehead atoms. The highest BCUT2D eigenvalue weighted by molar-refractivity contribution is 6.07. The number of amides is 1. The minimum Gasteiger partial charge on any atom is -0.452 e. The molecule has 0 spiro atoms. The fourth-order valence-corrected chi connectivity index (χ4v) is 4.55. The molecule has 0 fully saturated rings. The monoisotopic (exact) mass is 491 g/mol. The summed E-state index contributed by atoms with van der Waals surface area (Å²) in [5.41, 5.74) is 5.01. The molecule has 182 valence electrons. The fraction of sp³-hybridized carbons (Fsp3) is 0.133. The fourth-order valence-electron chi connectivity index (χ4n) is 4.55. The van der Waals surface area contributed by atoms with Crippen molar-refractivity contribution in [3.63, 3.8) is 0 Å². The average Bonchev–Trinajstić information content (AvgIpc) is 2.92. The van der Waals surface area contributed by atoms with E-state index >= 15 is 0 Å². The number of anilines is 1. The number of carbonyl (C=O) groups excluding carboxylic acids is 2. The second kappa shape index (κ2) is 10.4. The first kappa shape index (κ1) is 23.9. The highest BCUT2D eigenvalue weighted by Gasteiger charge is 2.26. The van der Waals surface area contributed by atoms with Crippen molar-refractivity contribution in [1.82, 2.24) is 4.98 Å². The van der Waals surface area contributed by atoms with Gasteiger partial charge in [-0.05, 0) is 72.4 Å². The molecular weight excluding hydrogens is 469 g/mol. The second-order valence-corrected chi connectivity index (χ2v) is 8.69. The molecule has 1 aromatic heterocycles. The van der Waals surface area contributed by atoms with Gasteiger partial charge >= 0.3 is 5.97 Å². The van der Waals surface area contributed by atoms with E-state index in [2.05, 4.69) is 5.32 Å². The zero-order valence-corrected chi connectivity index (χ0v) is 19.8. The minimum absolute atomic E-state index is 0.305. The Morgan fingerprint density at radius 1 is 1.03 bits per heavy atom. The summed E-state index contributed by atoms with van der Waals surface area (Å²) in [4.78, 5) is 30.7. The van der Waals surface area contributed by atoms with E-state index in [-0.39, 0.29) is 5.82 Å². The van der Waals surface area contributed by atoms with E-state index in [0.717, 1.165) is 29.5 Å². The Balaban J connectivity index is 1.46. The summed E-state index contributed by atoms with van der Waals surface area (Å²) in [5, 5.41) is 12.5. The van der Waals surface area contributed by atoms with Crippen LogP contribution in [0.3, 0.4) is 0 Å². The second-order valence-electron chi connectivity index (χ2n) is 8.69. The number of rotatable bonds is 5. The van der Waals surface area contributed by atoms with E-state index in [0.29, 0.717) is 39.8 Å². The van der Waals surface area contributed by atoms with E-state index in [4.69, 9.17) is 9.72 Å². The third kappa shape index (κ3) is 5.09. The van der Waals surface area contributed by atoms with Crippen LogP contribution in [0.1, 0.15) is 45.6 Å². The summed E-state index contributed by atoms with van der Waals surface area (Å²) in [6, 6.07) is 22.2. The number of nitrogens with one attached hydrogen (secondary N) is 1. The highest BCUT2D eigenvalue weighted by Crippen LogP contribution is 2.36. The minimum atomic E-state index is -0.610. The lowest BCUT2D eigenvalue weighted by Gasteiger charge is -2.22. The molecule has 1 aliphatic carbocycles. The summed E-state index contributed by atoms with van der Waals surface area (Å²) in [6.07, 6.45) is 4.19. The number of halogens is 1. The number of nitrogens with zero attached hydrogens (tertiary/aromatic N) is 2. The lowest BCUT2D eigenvalue weighted by atomic mass is 9.86. The zero-order chi connectivity index (χ0) is 25.8. The third-order valence-electron chi connectivity index (χ3n) is 6.24. The number of fused-ring (bicyclic) bond motifs is 2. The molecule has 1 heterocycles. The number of hydrogen-bond acceptors (Lipinski definition) is 5. The quantitative estimate of drug-likeness (QED) is 0.350. The number of esters is 1. The average molecular weight is 492 g/mol. The Morgan fingerprint density at radius 3 is 2.59 bits per heavy atom. The number of ether oxygens (including phenoxy) is 1. The topological polar surface area (TPSA) is 92.1 Å². The molecule has 0 radical (unpaired) electrons. The summed E-state index contributed by atoms with van der Waals surface area (Å²) in [7, 11) is 0. The first-order chi connectivity index (χ1) is 18.0. The normalized spacial score (nSPS) is 13.6. The van der Waals surface area contributed by atoms with Gasteiger partial charge < -0.3 is 10.1 Å². The molecule has 3 aromatic carbocycles. The SMILES string of the molecule is N#Cc1ccccc1NC(=O)COC(=O)c1c2c(nc3ccccc13)/C(=C\c1ccc(F)cc1)CCC2. The van der Waals surface area contributed by atoms with Gasteiger partial charge in [-0.2, -0.15) is 5.26 Å². The van der Waals surface area contributed by atoms with Crippen molar-refractivity contribution < 1.29 is 18.7 Å².